The second-order valence-corrected chi connectivity index (χ2v) is 8.88. The van der Waals surface area contributed by atoms with Crippen molar-refractivity contribution in [1.29, 1.82) is 0 Å². The monoisotopic (exact) mass is 503 g/mol. The van der Waals surface area contributed by atoms with Gasteiger partial charge in [0, 0.05) is 42.6 Å². The first-order valence-corrected chi connectivity index (χ1v) is 11.7. The predicted octanol–water partition coefficient (Wildman–Crippen LogP) is 3.21. The van der Waals surface area contributed by atoms with Gasteiger partial charge in [-0.15, -0.1) is 0 Å². The highest BCUT2D eigenvalue weighted by molar-refractivity contribution is 5.67. The van der Waals surface area contributed by atoms with E-state index in [9.17, 15) is 18.4 Å². The molecule has 1 fully saturated rings. The van der Waals surface area contributed by atoms with Gasteiger partial charge >= 0.3 is 5.69 Å². The van der Waals surface area contributed by atoms with Crippen LogP contribution in [0.25, 0.3) is 11.1 Å². The summed E-state index contributed by atoms with van der Waals surface area (Å²) in [7, 11) is 1.29. The molecule has 0 unspecified atom stereocenters. The molecule has 10 heteroatoms. The molecule has 2 heterocycles. The Morgan fingerprint density at radius 2 is 1.69 bits per heavy atom. The molecular formula is C26H28F3N3O4. The van der Waals surface area contributed by atoms with E-state index < -0.39 is 41.3 Å². The average molecular weight is 504 g/mol. The molecule has 4 rings (SSSR count). The zero-order chi connectivity index (χ0) is 26.0. The van der Waals surface area contributed by atoms with Gasteiger partial charge in [-0.25, -0.2) is 18.0 Å². The molecule has 0 amide bonds. The maximum atomic E-state index is 15.3. The van der Waals surface area contributed by atoms with E-state index >= 15 is 4.39 Å². The Kier molecular flexibility index (Phi) is 7.65. The number of benzene rings is 2. The summed E-state index contributed by atoms with van der Waals surface area (Å²) < 4.78 is 56.7. The molecule has 36 heavy (non-hydrogen) atoms. The largest absolute Gasteiger partial charge is 0.494 e. The number of rotatable bonds is 7. The van der Waals surface area contributed by atoms with Gasteiger partial charge in [-0.2, -0.15) is 0 Å². The SMILES string of the molecule is COc1cccc(-c2c(C)n(Cc3c(F)cccc3F)c(=O)n(C[C@H](N)C3CCOCC3)c2=O)c1F. The molecule has 1 aromatic heterocycles. The van der Waals surface area contributed by atoms with Gasteiger partial charge in [0.1, 0.15) is 11.6 Å². The minimum atomic E-state index is -0.841. The number of halogens is 3. The van der Waals surface area contributed by atoms with Crippen molar-refractivity contribution in [2.45, 2.75) is 38.9 Å². The summed E-state index contributed by atoms with van der Waals surface area (Å²) in [5, 5.41) is 0. The summed E-state index contributed by atoms with van der Waals surface area (Å²) in [6, 6.07) is 7.14. The van der Waals surface area contributed by atoms with Gasteiger partial charge in [0.25, 0.3) is 5.56 Å². The normalized spacial score (nSPS) is 15.2. The third-order valence-corrected chi connectivity index (χ3v) is 6.78. The maximum absolute atomic E-state index is 15.3. The molecule has 1 atom stereocenters. The molecule has 0 bridgehead atoms. The highest BCUT2D eigenvalue weighted by Crippen LogP contribution is 2.29. The lowest BCUT2D eigenvalue weighted by Crippen LogP contribution is -2.48. The molecule has 0 saturated carbocycles. The van der Waals surface area contributed by atoms with Crippen LogP contribution in [0.1, 0.15) is 24.1 Å². The molecule has 2 N–H and O–H groups in total. The van der Waals surface area contributed by atoms with E-state index in [-0.39, 0.29) is 40.6 Å². The summed E-state index contributed by atoms with van der Waals surface area (Å²) in [4.78, 5) is 27.2. The van der Waals surface area contributed by atoms with Crippen LogP contribution in [-0.4, -0.2) is 35.5 Å². The van der Waals surface area contributed by atoms with E-state index in [0.29, 0.717) is 26.1 Å². The van der Waals surface area contributed by atoms with Crippen LogP contribution >= 0.6 is 0 Å². The molecule has 0 spiro atoms. The average Bonchev–Trinajstić information content (AvgIpc) is 2.87. The Bertz CT molecular complexity index is 1360. The second kappa shape index (κ2) is 10.7. The van der Waals surface area contributed by atoms with E-state index in [1.165, 1.54) is 38.3 Å². The lowest BCUT2D eigenvalue weighted by molar-refractivity contribution is 0.0562. The number of nitrogens with zero attached hydrogens (tertiary/aromatic N) is 2. The fourth-order valence-corrected chi connectivity index (χ4v) is 4.66. The van der Waals surface area contributed by atoms with Crippen molar-refractivity contribution in [2.75, 3.05) is 20.3 Å². The van der Waals surface area contributed by atoms with Crippen molar-refractivity contribution < 1.29 is 22.6 Å². The molecule has 0 aliphatic carbocycles. The standard InChI is InChI=1S/C26H28F3N3O4/c1-15-23(17-5-3-8-22(35-2)24(17)29)25(33)32(14-21(30)16-9-11-36-12-10-16)26(34)31(15)13-18-19(27)6-4-7-20(18)28/h3-8,16,21H,9-14,30H2,1-2H3/t21-/m0/s1. The first-order valence-electron chi connectivity index (χ1n) is 11.7. The van der Waals surface area contributed by atoms with Crippen molar-refractivity contribution in [1.82, 2.24) is 9.13 Å². The Morgan fingerprint density at radius 1 is 1.06 bits per heavy atom. The van der Waals surface area contributed by atoms with Crippen molar-refractivity contribution >= 4 is 0 Å². The van der Waals surface area contributed by atoms with Crippen molar-refractivity contribution in [3.05, 3.63) is 85.9 Å². The molecule has 1 saturated heterocycles. The zero-order valence-corrected chi connectivity index (χ0v) is 20.1. The topological polar surface area (TPSA) is 88.5 Å². The van der Waals surface area contributed by atoms with Crippen molar-refractivity contribution in [3.8, 4) is 16.9 Å². The van der Waals surface area contributed by atoms with Gasteiger partial charge in [0.15, 0.2) is 11.6 Å². The molecule has 3 aromatic rings. The molecule has 1 aliphatic heterocycles. The van der Waals surface area contributed by atoms with Crippen molar-refractivity contribution in [3.63, 3.8) is 0 Å². The lowest BCUT2D eigenvalue weighted by atomic mass is 9.92. The highest BCUT2D eigenvalue weighted by Gasteiger charge is 2.27. The smallest absolute Gasteiger partial charge is 0.331 e. The Labute approximate surface area is 205 Å². The molecule has 7 nitrogen and oxygen atoms in total. The van der Waals surface area contributed by atoms with E-state index in [4.69, 9.17) is 15.2 Å². The van der Waals surface area contributed by atoms with Crippen LogP contribution < -0.4 is 21.7 Å². The fraction of sp³-hybridized carbons (Fsp3) is 0.385. The van der Waals surface area contributed by atoms with Crippen LogP contribution in [0.2, 0.25) is 0 Å². The predicted molar refractivity (Wildman–Crippen MR) is 129 cm³/mol. The Balaban J connectivity index is 1.92. The summed E-state index contributed by atoms with van der Waals surface area (Å²) >= 11 is 0. The molecule has 192 valence electrons. The van der Waals surface area contributed by atoms with Crippen LogP contribution in [0, 0.1) is 30.3 Å². The van der Waals surface area contributed by atoms with Crippen LogP contribution in [-0.2, 0) is 17.8 Å². The van der Waals surface area contributed by atoms with Gasteiger partial charge in [-0.1, -0.05) is 18.2 Å². The van der Waals surface area contributed by atoms with E-state index in [2.05, 4.69) is 0 Å². The van der Waals surface area contributed by atoms with Gasteiger partial charge < -0.3 is 15.2 Å². The van der Waals surface area contributed by atoms with Crippen LogP contribution in [0.4, 0.5) is 13.2 Å². The zero-order valence-electron chi connectivity index (χ0n) is 20.1. The number of nitrogens with two attached hydrogens (primary N) is 1. The maximum Gasteiger partial charge on any atom is 0.331 e. The number of hydrogen-bond acceptors (Lipinski definition) is 5. The number of hydrogen-bond donors (Lipinski definition) is 1. The van der Waals surface area contributed by atoms with E-state index in [0.717, 1.165) is 21.3 Å². The van der Waals surface area contributed by atoms with Gasteiger partial charge in [-0.05, 0) is 43.9 Å². The minimum absolute atomic E-state index is 0.0146. The van der Waals surface area contributed by atoms with Gasteiger partial charge in [0.05, 0.1) is 19.2 Å². The Hall–Kier alpha value is -3.37. The quantitative estimate of drug-likeness (QED) is 0.535. The summed E-state index contributed by atoms with van der Waals surface area (Å²) in [6.45, 7) is 1.87. The van der Waals surface area contributed by atoms with E-state index in [1.54, 1.807) is 0 Å². The first kappa shape index (κ1) is 25.7. The number of methoxy groups -OCH3 is 1. The van der Waals surface area contributed by atoms with Crippen LogP contribution in [0.3, 0.4) is 0 Å². The summed E-state index contributed by atoms with van der Waals surface area (Å²) in [5.74, 6) is -2.54. The van der Waals surface area contributed by atoms with Gasteiger partial charge in [-0.3, -0.25) is 13.9 Å². The summed E-state index contributed by atoms with van der Waals surface area (Å²) in [6.07, 6.45) is 1.35. The molecular weight excluding hydrogens is 475 g/mol. The minimum Gasteiger partial charge on any atom is -0.494 e. The van der Waals surface area contributed by atoms with Crippen LogP contribution in [0.5, 0.6) is 5.75 Å². The fourth-order valence-electron chi connectivity index (χ4n) is 4.66. The van der Waals surface area contributed by atoms with Crippen LogP contribution in [0.15, 0.2) is 46.0 Å². The van der Waals surface area contributed by atoms with Gasteiger partial charge in [0.2, 0.25) is 0 Å². The Morgan fingerprint density at radius 3 is 2.33 bits per heavy atom. The molecule has 1 aliphatic rings. The third kappa shape index (κ3) is 4.83. The van der Waals surface area contributed by atoms with Crippen molar-refractivity contribution in [2.24, 2.45) is 11.7 Å². The number of ether oxygens (including phenoxy) is 2. The second-order valence-electron chi connectivity index (χ2n) is 8.88. The highest BCUT2D eigenvalue weighted by atomic mass is 19.1. The lowest BCUT2D eigenvalue weighted by Gasteiger charge is -2.28. The molecule has 2 aromatic carbocycles. The first-order chi connectivity index (χ1) is 17.2. The third-order valence-electron chi connectivity index (χ3n) is 6.78. The summed E-state index contributed by atoms with van der Waals surface area (Å²) in [5.41, 5.74) is 4.39. The molecule has 0 radical (unpaired) electrons. The van der Waals surface area contributed by atoms with E-state index in [1.807, 2.05) is 0 Å². The number of aromatic nitrogens is 2.